The summed E-state index contributed by atoms with van der Waals surface area (Å²) in [6.45, 7) is 7.01. The number of amides is 1. The molecule has 0 fully saturated rings. The first kappa shape index (κ1) is 18.4. The Morgan fingerprint density at radius 1 is 1.21 bits per heavy atom. The van der Waals surface area contributed by atoms with Crippen LogP contribution in [0.4, 0.5) is 0 Å². The third kappa shape index (κ3) is 2.99. The van der Waals surface area contributed by atoms with Gasteiger partial charge >= 0.3 is 0 Å². The number of benzene rings is 1. The minimum atomic E-state index is -0.0797. The summed E-state index contributed by atoms with van der Waals surface area (Å²) in [5.41, 5.74) is 8.40. The van der Waals surface area contributed by atoms with Crippen LogP contribution in [0.2, 0.25) is 0 Å². The van der Waals surface area contributed by atoms with Crippen molar-refractivity contribution >= 4 is 23.3 Å². The van der Waals surface area contributed by atoms with Gasteiger partial charge in [-0.15, -0.1) is 0 Å². The standard InChI is InChI=1S/C24H25N3O/c1-5-15(13-25-4)21-10-9-18-17(8-11-22(18)27-21)16-6-7-19-20(12-16)24(2,3)14-26-23(19)28/h5-10,12-13H,11,14H2,1-4H3,(H,26,28)/b15-5+,25-13?. The van der Waals surface area contributed by atoms with E-state index in [1.807, 2.05) is 25.3 Å². The van der Waals surface area contributed by atoms with Crippen molar-refractivity contribution in [2.45, 2.75) is 32.6 Å². The zero-order valence-electron chi connectivity index (χ0n) is 16.8. The SMILES string of the molecule is C/C=C(\C=NC)c1ccc2c(n1)CC=C2c1ccc2c(c1)C(C)(C)CNC2=O. The van der Waals surface area contributed by atoms with Gasteiger partial charge in [-0.2, -0.15) is 0 Å². The zero-order chi connectivity index (χ0) is 19.9. The fourth-order valence-corrected chi connectivity index (χ4v) is 4.03. The molecule has 0 atom stereocenters. The highest BCUT2D eigenvalue weighted by molar-refractivity contribution is 6.09. The van der Waals surface area contributed by atoms with Crippen molar-refractivity contribution in [3.63, 3.8) is 0 Å². The molecule has 1 amide bonds. The van der Waals surface area contributed by atoms with E-state index < -0.39 is 0 Å². The fraction of sp³-hybridized carbons (Fsp3) is 0.292. The van der Waals surface area contributed by atoms with Crippen molar-refractivity contribution in [2.75, 3.05) is 13.6 Å². The second-order valence-electron chi connectivity index (χ2n) is 7.97. The third-order valence-corrected chi connectivity index (χ3v) is 5.63. The van der Waals surface area contributed by atoms with E-state index in [1.165, 1.54) is 11.1 Å². The van der Waals surface area contributed by atoms with Crippen molar-refractivity contribution in [2.24, 2.45) is 4.99 Å². The molecule has 0 saturated carbocycles. The van der Waals surface area contributed by atoms with Crippen LogP contribution in [0.3, 0.4) is 0 Å². The topological polar surface area (TPSA) is 54.4 Å². The van der Waals surface area contributed by atoms with E-state index in [9.17, 15) is 4.79 Å². The molecule has 4 nitrogen and oxygen atoms in total. The highest BCUT2D eigenvalue weighted by Gasteiger charge is 2.32. The second kappa shape index (κ2) is 6.86. The Balaban J connectivity index is 1.74. The summed E-state index contributed by atoms with van der Waals surface area (Å²) in [7, 11) is 1.77. The predicted molar refractivity (Wildman–Crippen MR) is 115 cm³/mol. The Kier molecular flexibility index (Phi) is 4.50. The van der Waals surface area contributed by atoms with Crippen LogP contribution in [-0.4, -0.2) is 30.7 Å². The van der Waals surface area contributed by atoms with E-state index in [1.54, 1.807) is 7.05 Å². The van der Waals surface area contributed by atoms with E-state index in [0.717, 1.165) is 40.1 Å². The molecule has 1 N–H and O–H groups in total. The Labute approximate surface area is 166 Å². The lowest BCUT2D eigenvalue weighted by Gasteiger charge is -2.33. The maximum atomic E-state index is 12.2. The van der Waals surface area contributed by atoms with Gasteiger partial charge in [0, 0.05) is 48.3 Å². The molecule has 142 valence electrons. The number of nitrogens with zero attached hydrogens (tertiary/aromatic N) is 2. The quantitative estimate of drug-likeness (QED) is 0.823. The molecule has 1 aromatic heterocycles. The van der Waals surface area contributed by atoms with Crippen molar-refractivity contribution in [1.82, 2.24) is 10.3 Å². The molecule has 2 aliphatic rings. The molecule has 4 rings (SSSR count). The first-order chi connectivity index (χ1) is 13.4. The largest absolute Gasteiger partial charge is 0.351 e. The van der Waals surface area contributed by atoms with Gasteiger partial charge in [-0.3, -0.25) is 14.8 Å². The van der Waals surface area contributed by atoms with Gasteiger partial charge in [-0.25, -0.2) is 0 Å². The van der Waals surface area contributed by atoms with Gasteiger partial charge in [0.15, 0.2) is 0 Å². The van der Waals surface area contributed by atoms with Crippen molar-refractivity contribution < 1.29 is 4.79 Å². The molecule has 0 bridgehead atoms. The number of pyridine rings is 1. The van der Waals surface area contributed by atoms with Crippen molar-refractivity contribution in [3.05, 3.63) is 76.1 Å². The molecule has 0 radical (unpaired) electrons. The Morgan fingerprint density at radius 2 is 2.00 bits per heavy atom. The van der Waals surface area contributed by atoms with Gasteiger partial charge in [0.2, 0.25) is 0 Å². The van der Waals surface area contributed by atoms with Crippen LogP contribution in [0.25, 0.3) is 11.1 Å². The minimum absolute atomic E-state index is 0.0180. The molecule has 0 spiro atoms. The van der Waals surface area contributed by atoms with E-state index in [-0.39, 0.29) is 11.3 Å². The number of aliphatic imine (C=N–C) groups is 1. The monoisotopic (exact) mass is 371 g/mol. The normalized spacial score (nSPS) is 17.9. The summed E-state index contributed by atoms with van der Waals surface area (Å²) in [4.78, 5) is 21.2. The molecule has 2 aromatic rings. The number of nitrogens with one attached hydrogen (secondary N) is 1. The lowest BCUT2D eigenvalue weighted by Crippen LogP contribution is -2.43. The molecule has 0 unspecified atom stereocenters. The van der Waals surface area contributed by atoms with Gasteiger partial charge in [0.05, 0.1) is 11.4 Å². The summed E-state index contributed by atoms with van der Waals surface area (Å²) < 4.78 is 0. The van der Waals surface area contributed by atoms with Crippen LogP contribution in [0.1, 0.15) is 59.2 Å². The molecule has 1 aromatic carbocycles. The Morgan fingerprint density at radius 3 is 2.75 bits per heavy atom. The number of carbonyl (C=O) groups is 1. The number of rotatable bonds is 3. The first-order valence-electron chi connectivity index (χ1n) is 9.67. The average Bonchev–Trinajstić information content (AvgIpc) is 3.12. The van der Waals surface area contributed by atoms with Gasteiger partial charge < -0.3 is 5.32 Å². The van der Waals surface area contributed by atoms with E-state index in [4.69, 9.17) is 4.98 Å². The summed E-state index contributed by atoms with van der Waals surface area (Å²) in [6.07, 6.45) is 6.93. The minimum Gasteiger partial charge on any atom is -0.351 e. The van der Waals surface area contributed by atoms with Gasteiger partial charge in [0.25, 0.3) is 5.91 Å². The number of hydrogen-bond donors (Lipinski definition) is 1. The molecule has 28 heavy (non-hydrogen) atoms. The van der Waals surface area contributed by atoms with Crippen molar-refractivity contribution in [3.8, 4) is 0 Å². The summed E-state index contributed by atoms with van der Waals surface area (Å²) in [6, 6.07) is 10.4. The predicted octanol–water partition coefficient (Wildman–Crippen LogP) is 4.19. The summed E-state index contributed by atoms with van der Waals surface area (Å²) in [5, 5.41) is 2.99. The molecule has 4 heteroatoms. The van der Waals surface area contributed by atoms with Crippen LogP contribution < -0.4 is 5.32 Å². The average molecular weight is 371 g/mol. The smallest absolute Gasteiger partial charge is 0.251 e. The summed E-state index contributed by atoms with van der Waals surface area (Å²) in [5.74, 6) is 0.0180. The van der Waals surface area contributed by atoms with Gasteiger partial charge in [0.1, 0.15) is 0 Å². The third-order valence-electron chi connectivity index (χ3n) is 5.63. The molecule has 2 heterocycles. The Bertz CT molecular complexity index is 1060. The second-order valence-corrected chi connectivity index (χ2v) is 7.97. The fourth-order valence-electron chi connectivity index (χ4n) is 4.03. The van der Waals surface area contributed by atoms with Crippen LogP contribution in [0.15, 0.2) is 47.5 Å². The molecular formula is C24H25N3O. The number of fused-ring (bicyclic) bond motifs is 2. The molecule has 1 aliphatic heterocycles. The molecular weight excluding hydrogens is 346 g/mol. The van der Waals surface area contributed by atoms with Gasteiger partial charge in [-0.1, -0.05) is 38.1 Å². The zero-order valence-corrected chi connectivity index (χ0v) is 16.8. The molecule has 0 saturated heterocycles. The molecule has 1 aliphatic carbocycles. The van der Waals surface area contributed by atoms with Gasteiger partial charge in [-0.05, 0) is 41.8 Å². The number of carbonyl (C=O) groups excluding carboxylic acids is 1. The lowest BCUT2D eigenvalue weighted by atomic mass is 9.77. The maximum absolute atomic E-state index is 12.2. The van der Waals surface area contributed by atoms with E-state index >= 15 is 0 Å². The van der Waals surface area contributed by atoms with Crippen LogP contribution in [0, 0.1) is 0 Å². The lowest BCUT2D eigenvalue weighted by molar-refractivity contribution is 0.0930. The summed E-state index contributed by atoms with van der Waals surface area (Å²) >= 11 is 0. The number of allylic oxidation sites excluding steroid dienone is 3. The van der Waals surface area contributed by atoms with Crippen molar-refractivity contribution in [1.29, 1.82) is 0 Å². The van der Waals surface area contributed by atoms with Crippen LogP contribution in [0.5, 0.6) is 0 Å². The first-order valence-corrected chi connectivity index (χ1v) is 9.67. The maximum Gasteiger partial charge on any atom is 0.251 e. The number of hydrogen-bond acceptors (Lipinski definition) is 3. The number of aromatic nitrogens is 1. The van der Waals surface area contributed by atoms with E-state index in [2.05, 4.69) is 54.5 Å². The Hall–Kier alpha value is -3.01. The van der Waals surface area contributed by atoms with Crippen LogP contribution >= 0.6 is 0 Å². The highest BCUT2D eigenvalue weighted by atomic mass is 16.1. The highest BCUT2D eigenvalue weighted by Crippen LogP contribution is 2.37. The van der Waals surface area contributed by atoms with Crippen LogP contribution in [-0.2, 0) is 11.8 Å². The van der Waals surface area contributed by atoms with E-state index in [0.29, 0.717) is 6.54 Å².